The maximum Gasteiger partial charge on any atom is 0.234 e. The number of nitrogens with one attached hydrogen (secondary N) is 1. The summed E-state index contributed by atoms with van der Waals surface area (Å²) in [5, 5.41) is 2.76. The Labute approximate surface area is 141 Å². The molecule has 1 aromatic carbocycles. The van der Waals surface area contributed by atoms with Gasteiger partial charge in [-0.2, -0.15) is 0 Å². The Morgan fingerprint density at radius 1 is 1.21 bits per heavy atom. The van der Waals surface area contributed by atoms with Gasteiger partial charge in [0.2, 0.25) is 11.8 Å². The highest BCUT2D eigenvalue weighted by atomic mass is 19.1. The summed E-state index contributed by atoms with van der Waals surface area (Å²) in [6.07, 6.45) is 4.22. The fourth-order valence-corrected chi connectivity index (χ4v) is 2.91. The van der Waals surface area contributed by atoms with Gasteiger partial charge in [-0.05, 0) is 37.1 Å². The van der Waals surface area contributed by atoms with Gasteiger partial charge in [0.25, 0.3) is 0 Å². The zero-order valence-corrected chi connectivity index (χ0v) is 13.7. The molecule has 1 fully saturated rings. The number of hydrogen-bond donors (Lipinski definition) is 2. The van der Waals surface area contributed by atoms with Crippen LogP contribution in [0.1, 0.15) is 25.7 Å². The van der Waals surface area contributed by atoms with Crippen LogP contribution in [0, 0.1) is 5.82 Å². The summed E-state index contributed by atoms with van der Waals surface area (Å²) in [7, 11) is 0. The lowest BCUT2D eigenvalue weighted by Crippen LogP contribution is -2.46. The van der Waals surface area contributed by atoms with Crippen molar-refractivity contribution in [3.63, 3.8) is 0 Å². The molecule has 132 valence electrons. The molecule has 6 nitrogen and oxygen atoms in total. The van der Waals surface area contributed by atoms with Crippen LogP contribution in [0.3, 0.4) is 0 Å². The number of carbonyl (C=O) groups excluding carboxylic acids is 2. The molecule has 1 aliphatic carbocycles. The standard InChI is InChI=1S/C17H24FN3O3/c18-13-5-7-15(8-6-13)24-10-9-20-17(23)12-21(11-16(19)22)14-3-1-2-4-14/h5-8,14H,1-4,9-12H2,(H2,19,22)(H,20,23). The molecule has 0 saturated heterocycles. The molecule has 24 heavy (non-hydrogen) atoms. The number of nitrogens with two attached hydrogens (primary N) is 1. The van der Waals surface area contributed by atoms with Crippen LogP contribution in [0.4, 0.5) is 4.39 Å². The van der Waals surface area contributed by atoms with E-state index in [0.717, 1.165) is 25.7 Å². The molecule has 0 aliphatic heterocycles. The van der Waals surface area contributed by atoms with Crippen LogP contribution >= 0.6 is 0 Å². The average molecular weight is 337 g/mol. The van der Waals surface area contributed by atoms with Gasteiger partial charge < -0.3 is 15.8 Å². The summed E-state index contributed by atoms with van der Waals surface area (Å²) in [4.78, 5) is 25.1. The highest BCUT2D eigenvalue weighted by molar-refractivity contribution is 5.80. The molecule has 7 heteroatoms. The molecule has 1 aromatic rings. The Balaban J connectivity index is 1.70. The summed E-state index contributed by atoms with van der Waals surface area (Å²) in [5.74, 6) is -0.357. The van der Waals surface area contributed by atoms with Gasteiger partial charge in [0.05, 0.1) is 19.6 Å². The number of primary amides is 1. The Morgan fingerprint density at radius 3 is 2.50 bits per heavy atom. The zero-order chi connectivity index (χ0) is 17.4. The van der Waals surface area contributed by atoms with Gasteiger partial charge in [0.1, 0.15) is 18.2 Å². The predicted molar refractivity (Wildman–Crippen MR) is 87.9 cm³/mol. The number of ether oxygens (including phenoxy) is 1. The summed E-state index contributed by atoms with van der Waals surface area (Å²) in [6.45, 7) is 0.885. The highest BCUT2D eigenvalue weighted by Crippen LogP contribution is 2.22. The van der Waals surface area contributed by atoms with Crippen LogP contribution in [0.5, 0.6) is 5.75 Å². The third-order valence-electron chi connectivity index (χ3n) is 4.05. The van der Waals surface area contributed by atoms with Crippen molar-refractivity contribution < 1.29 is 18.7 Å². The molecule has 0 bridgehead atoms. The van der Waals surface area contributed by atoms with E-state index in [1.54, 1.807) is 0 Å². The lowest BCUT2D eigenvalue weighted by atomic mass is 10.2. The van der Waals surface area contributed by atoms with E-state index >= 15 is 0 Å². The van der Waals surface area contributed by atoms with Crippen molar-refractivity contribution in [1.29, 1.82) is 0 Å². The Bertz CT molecular complexity index is 545. The lowest BCUT2D eigenvalue weighted by molar-refractivity contribution is -0.124. The van der Waals surface area contributed by atoms with Crippen LogP contribution in [-0.4, -0.2) is 49.0 Å². The molecular weight excluding hydrogens is 313 g/mol. The molecule has 1 saturated carbocycles. The predicted octanol–water partition coefficient (Wildman–Crippen LogP) is 1.05. The second-order valence-corrected chi connectivity index (χ2v) is 5.96. The first-order valence-corrected chi connectivity index (χ1v) is 8.22. The SMILES string of the molecule is NC(=O)CN(CC(=O)NCCOc1ccc(F)cc1)C1CCCC1. The molecule has 0 unspecified atom stereocenters. The third-order valence-corrected chi connectivity index (χ3v) is 4.05. The van der Waals surface area contributed by atoms with E-state index in [9.17, 15) is 14.0 Å². The van der Waals surface area contributed by atoms with E-state index in [2.05, 4.69) is 5.32 Å². The number of nitrogens with zero attached hydrogens (tertiary/aromatic N) is 1. The van der Waals surface area contributed by atoms with Crippen LogP contribution < -0.4 is 15.8 Å². The maximum absolute atomic E-state index is 12.8. The number of rotatable bonds is 9. The summed E-state index contributed by atoms with van der Waals surface area (Å²) in [5.41, 5.74) is 5.27. The zero-order valence-electron chi connectivity index (χ0n) is 13.7. The second kappa shape index (κ2) is 9.22. The molecule has 3 N–H and O–H groups in total. The average Bonchev–Trinajstić information content (AvgIpc) is 3.06. The van der Waals surface area contributed by atoms with E-state index in [1.807, 2.05) is 4.90 Å². The third kappa shape index (κ3) is 6.16. The monoisotopic (exact) mass is 337 g/mol. The van der Waals surface area contributed by atoms with E-state index in [1.165, 1.54) is 24.3 Å². The van der Waals surface area contributed by atoms with Crippen molar-refractivity contribution in [2.24, 2.45) is 5.73 Å². The van der Waals surface area contributed by atoms with Crippen LogP contribution in [0.2, 0.25) is 0 Å². The first kappa shape index (κ1) is 18.2. The second-order valence-electron chi connectivity index (χ2n) is 5.96. The molecule has 0 atom stereocenters. The molecule has 2 amide bonds. The first-order valence-electron chi connectivity index (χ1n) is 8.22. The summed E-state index contributed by atoms with van der Waals surface area (Å²) >= 11 is 0. The minimum absolute atomic E-state index is 0.101. The minimum Gasteiger partial charge on any atom is -0.492 e. The van der Waals surface area contributed by atoms with Crippen molar-refractivity contribution in [2.75, 3.05) is 26.2 Å². The number of halogens is 1. The van der Waals surface area contributed by atoms with Gasteiger partial charge in [-0.1, -0.05) is 12.8 Å². The number of carbonyl (C=O) groups is 2. The van der Waals surface area contributed by atoms with Gasteiger partial charge in [-0.3, -0.25) is 14.5 Å². The first-order chi connectivity index (χ1) is 11.5. The highest BCUT2D eigenvalue weighted by Gasteiger charge is 2.25. The van der Waals surface area contributed by atoms with Gasteiger partial charge in [0.15, 0.2) is 0 Å². The van der Waals surface area contributed by atoms with Gasteiger partial charge in [0, 0.05) is 6.04 Å². The van der Waals surface area contributed by atoms with Crippen molar-refractivity contribution in [3.8, 4) is 5.75 Å². The summed E-state index contributed by atoms with van der Waals surface area (Å²) < 4.78 is 18.2. The molecule has 0 radical (unpaired) electrons. The Morgan fingerprint density at radius 2 is 1.88 bits per heavy atom. The largest absolute Gasteiger partial charge is 0.492 e. The Hall–Kier alpha value is -2.15. The normalized spacial score (nSPS) is 14.8. The Kier molecular flexibility index (Phi) is 6.99. The molecular formula is C17H24FN3O3. The number of amides is 2. The van der Waals surface area contributed by atoms with Crippen molar-refractivity contribution >= 4 is 11.8 Å². The van der Waals surface area contributed by atoms with E-state index in [-0.39, 0.29) is 37.5 Å². The fourth-order valence-electron chi connectivity index (χ4n) is 2.91. The van der Waals surface area contributed by atoms with Crippen LogP contribution in [0.25, 0.3) is 0 Å². The number of hydrogen-bond acceptors (Lipinski definition) is 4. The summed E-state index contributed by atoms with van der Waals surface area (Å²) in [6, 6.07) is 5.95. The molecule has 0 aromatic heterocycles. The van der Waals surface area contributed by atoms with Crippen molar-refractivity contribution in [2.45, 2.75) is 31.7 Å². The fraction of sp³-hybridized carbons (Fsp3) is 0.529. The van der Waals surface area contributed by atoms with Gasteiger partial charge >= 0.3 is 0 Å². The molecule has 2 rings (SSSR count). The van der Waals surface area contributed by atoms with Crippen molar-refractivity contribution in [1.82, 2.24) is 10.2 Å². The maximum atomic E-state index is 12.8. The smallest absolute Gasteiger partial charge is 0.234 e. The minimum atomic E-state index is -0.422. The molecule has 0 spiro atoms. The van der Waals surface area contributed by atoms with Gasteiger partial charge in [-0.15, -0.1) is 0 Å². The number of benzene rings is 1. The van der Waals surface area contributed by atoms with E-state index in [0.29, 0.717) is 12.3 Å². The molecule has 0 heterocycles. The van der Waals surface area contributed by atoms with Crippen LogP contribution in [-0.2, 0) is 9.59 Å². The van der Waals surface area contributed by atoms with Crippen LogP contribution in [0.15, 0.2) is 24.3 Å². The topological polar surface area (TPSA) is 84.7 Å². The van der Waals surface area contributed by atoms with Gasteiger partial charge in [-0.25, -0.2) is 4.39 Å². The lowest BCUT2D eigenvalue weighted by Gasteiger charge is -2.26. The van der Waals surface area contributed by atoms with E-state index in [4.69, 9.17) is 10.5 Å². The quantitative estimate of drug-likeness (QED) is 0.660. The van der Waals surface area contributed by atoms with Crippen molar-refractivity contribution in [3.05, 3.63) is 30.1 Å². The molecule has 1 aliphatic rings. The van der Waals surface area contributed by atoms with E-state index < -0.39 is 5.91 Å².